The fourth-order valence-electron chi connectivity index (χ4n) is 2.82. The van der Waals surface area contributed by atoms with Gasteiger partial charge in [0.05, 0.1) is 13.2 Å². The van der Waals surface area contributed by atoms with Crippen molar-refractivity contribution in [2.45, 2.75) is 32.1 Å². The SMILES string of the molecule is COCCN(CCOC)CC1(CBr)CCCCC1. The van der Waals surface area contributed by atoms with Gasteiger partial charge in [-0.2, -0.15) is 0 Å². The van der Waals surface area contributed by atoms with Gasteiger partial charge in [-0.15, -0.1) is 0 Å². The topological polar surface area (TPSA) is 21.7 Å². The van der Waals surface area contributed by atoms with Crippen molar-refractivity contribution >= 4 is 15.9 Å². The van der Waals surface area contributed by atoms with Gasteiger partial charge in [-0.1, -0.05) is 35.2 Å². The number of nitrogens with zero attached hydrogens (tertiary/aromatic N) is 1. The van der Waals surface area contributed by atoms with Gasteiger partial charge in [-0.05, 0) is 18.3 Å². The molecule has 0 heterocycles. The molecule has 0 unspecified atom stereocenters. The predicted octanol–water partition coefficient (Wildman–Crippen LogP) is 2.93. The molecule has 1 rings (SSSR count). The molecule has 1 aliphatic rings. The Balaban J connectivity index is 2.49. The van der Waals surface area contributed by atoms with E-state index in [-0.39, 0.29) is 0 Å². The summed E-state index contributed by atoms with van der Waals surface area (Å²) in [5.41, 5.74) is 0.472. The van der Waals surface area contributed by atoms with Crippen LogP contribution in [0.25, 0.3) is 0 Å². The van der Waals surface area contributed by atoms with Crippen molar-refractivity contribution in [1.82, 2.24) is 4.90 Å². The summed E-state index contributed by atoms with van der Waals surface area (Å²) in [6.45, 7) is 4.80. The Hall–Kier alpha value is 0.360. The van der Waals surface area contributed by atoms with Crippen LogP contribution in [0.3, 0.4) is 0 Å². The largest absolute Gasteiger partial charge is 0.383 e. The first-order valence-corrected chi connectivity index (χ1v) is 8.15. The van der Waals surface area contributed by atoms with E-state index in [9.17, 15) is 0 Å². The molecule has 0 spiro atoms. The molecule has 18 heavy (non-hydrogen) atoms. The van der Waals surface area contributed by atoms with Crippen LogP contribution >= 0.6 is 15.9 Å². The van der Waals surface area contributed by atoms with Crippen LogP contribution in [-0.4, -0.2) is 57.3 Å². The third-order valence-electron chi connectivity index (χ3n) is 3.98. The smallest absolute Gasteiger partial charge is 0.0589 e. The number of halogens is 1. The van der Waals surface area contributed by atoms with Crippen LogP contribution < -0.4 is 0 Å². The molecule has 0 saturated heterocycles. The Kier molecular flexibility index (Phi) is 8.47. The minimum absolute atomic E-state index is 0.472. The fourth-order valence-corrected chi connectivity index (χ4v) is 3.56. The molecule has 0 atom stereocenters. The first-order valence-electron chi connectivity index (χ1n) is 7.02. The van der Waals surface area contributed by atoms with Gasteiger partial charge in [-0.25, -0.2) is 0 Å². The molecule has 3 nitrogen and oxygen atoms in total. The molecule has 0 amide bonds. The summed E-state index contributed by atoms with van der Waals surface area (Å²) >= 11 is 3.74. The molecule has 4 heteroatoms. The predicted molar refractivity (Wildman–Crippen MR) is 79.5 cm³/mol. The average Bonchev–Trinajstić information content (AvgIpc) is 2.43. The second-order valence-corrected chi connectivity index (χ2v) is 6.02. The monoisotopic (exact) mass is 321 g/mol. The molecular weight excluding hydrogens is 294 g/mol. The lowest BCUT2D eigenvalue weighted by molar-refractivity contribution is 0.0717. The van der Waals surface area contributed by atoms with Gasteiger partial charge in [0.25, 0.3) is 0 Å². The number of hydrogen-bond donors (Lipinski definition) is 0. The van der Waals surface area contributed by atoms with Crippen LogP contribution in [0.1, 0.15) is 32.1 Å². The van der Waals surface area contributed by atoms with E-state index in [1.54, 1.807) is 14.2 Å². The van der Waals surface area contributed by atoms with Gasteiger partial charge >= 0.3 is 0 Å². The minimum atomic E-state index is 0.472. The van der Waals surface area contributed by atoms with Crippen LogP contribution in [0.15, 0.2) is 0 Å². The average molecular weight is 322 g/mol. The van der Waals surface area contributed by atoms with E-state index in [0.717, 1.165) is 31.6 Å². The maximum Gasteiger partial charge on any atom is 0.0589 e. The maximum atomic E-state index is 5.21. The lowest BCUT2D eigenvalue weighted by Gasteiger charge is -2.40. The Morgan fingerprint density at radius 1 is 1.00 bits per heavy atom. The second-order valence-electron chi connectivity index (χ2n) is 5.46. The van der Waals surface area contributed by atoms with Gasteiger partial charge in [-0.3, -0.25) is 4.90 Å². The fraction of sp³-hybridized carbons (Fsp3) is 1.00. The first kappa shape index (κ1) is 16.4. The van der Waals surface area contributed by atoms with E-state index >= 15 is 0 Å². The molecular formula is C14H28BrNO2. The molecule has 1 saturated carbocycles. The molecule has 0 radical (unpaired) electrons. The van der Waals surface area contributed by atoms with Crippen molar-refractivity contribution in [2.75, 3.05) is 52.4 Å². The number of hydrogen-bond acceptors (Lipinski definition) is 3. The molecule has 108 valence electrons. The van der Waals surface area contributed by atoms with E-state index in [1.165, 1.54) is 38.6 Å². The molecule has 0 aliphatic heterocycles. The summed E-state index contributed by atoms with van der Waals surface area (Å²) in [6.07, 6.45) is 6.89. The van der Waals surface area contributed by atoms with Crippen LogP contribution in [0.2, 0.25) is 0 Å². The Morgan fingerprint density at radius 3 is 2.00 bits per heavy atom. The molecule has 0 bridgehead atoms. The van der Waals surface area contributed by atoms with Gasteiger partial charge < -0.3 is 9.47 Å². The molecule has 1 aliphatic carbocycles. The number of rotatable bonds is 9. The summed E-state index contributed by atoms with van der Waals surface area (Å²) in [4.78, 5) is 2.50. The quantitative estimate of drug-likeness (QED) is 0.609. The zero-order chi connectivity index (χ0) is 13.3. The maximum absolute atomic E-state index is 5.21. The van der Waals surface area contributed by atoms with E-state index in [2.05, 4.69) is 20.8 Å². The van der Waals surface area contributed by atoms with Gasteiger partial charge in [0.15, 0.2) is 0 Å². The lowest BCUT2D eigenvalue weighted by Crippen LogP contribution is -2.43. The van der Waals surface area contributed by atoms with E-state index in [4.69, 9.17) is 9.47 Å². The van der Waals surface area contributed by atoms with Crippen LogP contribution in [0.4, 0.5) is 0 Å². The van der Waals surface area contributed by atoms with Crippen LogP contribution in [0, 0.1) is 5.41 Å². The molecule has 0 aromatic carbocycles. The molecule has 0 N–H and O–H groups in total. The van der Waals surface area contributed by atoms with Crippen molar-refractivity contribution in [2.24, 2.45) is 5.41 Å². The highest BCUT2D eigenvalue weighted by Crippen LogP contribution is 2.38. The summed E-state index contributed by atoms with van der Waals surface area (Å²) in [6, 6.07) is 0. The summed E-state index contributed by atoms with van der Waals surface area (Å²) in [5.74, 6) is 0. The normalized spacial score (nSPS) is 19.3. The zero-order valence-electron chi connectivity index (χ0n) is 11.9. The highest BCUT2D eigenvalue weighted by atomic mass is 79.9. The second kappa shape index (κ2) is 9.29. The van der Waals surface area contributed by atoms with E-state index in [0.29, 0.717) is 5.41 Å². The molecule has 0 aromatic heterocycles. The number of methoxy groups -OCH3 is 2. The Bertz CT molecular complexity index is 200. The first-order chi connectivity index (χ1) is 8.76. The van der Waals surface area contributed by atoms with Crippen molar-refractivity contribution in [3.63, 3.8) is 0 Å². The van der Waals surface area contributed by atoms with Gasteiger partial charge in [0.2, 0.25) is 0 Å². The van der Waals surface area contributed by atoms with Gasteiger partial charge in [0.1, 0.15) is 0 Å². The lowest BCUT2D eigenvalue weighted by atomic mass is 9.75. The summed E-state index contributed by atoms with van der Waals surface area (Å²) in [7, 11) is 3.55. The van der Waals surface area contributed by atoms with Gasteiger partial charge in [0, 0.05) is 39.2 Å². The molecule has 0 aromatic rings. The van der Waals surface area contributed by atoms with Crippen molar-refractivity contribution < 1.29 is 9.47 Å². The van der Waals surface area contributed by atoms with Crippen LogP contribution in [-0.2, 0) is 9.47 Å². The minimum Gasteiger partial charge on any atom is -0.383 e. The zero-order valence-corrected chi connectivity index (χ0v) is 13.5. The third-order valence-corrected chi connectivity index (χ3v) is 5.17. The van der Waals surface area contributed by atoms with Crippen molar-refractivity contribution in [3.8, 4) is 0 Å². The summed E-state index contributed by atoms with van der Waals surface area (Å²) in [5, 5.41) is 1.12. The third kappa shape index (κ3) is 5.55. The Morgan fingerprint density at radius 2 is 1.56 bits per heavy atom. The Labute approximate surface area is 120 Å². The number of ether oxygens (including phenoxy) is 2. The van der Waals surface area contributed by atoms with Crippen LogP contribution in [0.5, 0.6) is 0 Å². The highest BCUT2D eigenvalue weighted by Gasteiger charge is 2.32. The van der Waals surface area contributed by atoms with Crippen molar-refractivity contribution in [3.05, 3.63) is 0 Å². The molecule has 1 fully saturated rings. The summed E-state index contributed by atoms with van der Waals surface area (Å²) < 4.78 is 10.4. The van der Waals surface area contributed by atoms with E-state index in [1.807, 2.05) is 0 Å². The standard InChI is InChI=1S/C14H28BrNO2/c1-17-10-8-16(9-11-18-2)13-14(12-15)6-4-3-5-7-14/h3-13H2,1-2H3. The van der Waals surface area contributed by atoms with Crippen molar-refractivity contribution in [1.29, 1.82) is 0 Å². The number of alkyl halides is 1. The van der Waals surface area contributed by atoms with E-state index < -0.39 is 0 Å². The highest BCUT2D eigenvalue weighted by molar-refractivity contribution is 9.09.